The minimum Gasteiger partial charge on any atom is -0.497 e. The molecule has 0 aromatic heterocycles. The monoisotopic (exact) mass is 587 g/mol. The maximum atomic E-state index is 13.4. The molecule has 0 saturated carbocycles. The minimum absolute atomic E-state index is 0.0998. The Bertz CT molecular complexity index is 1060. The van der Waals surface area contributed by atoms with Crippen LogP contribution in [0.4, 0.5) is 5.69 Å². The van der Waals surface area contributed by atoms with E-state index >= 15 is 0 Å². The minimum atomic E-state index is -3.74. The number of benzene rings is 2. The van der Waals surface area contributed by atoms with Crippen molar-refractivity contribution in [3.05, 3.63) is 57.7 Å². The lowest BCUT2D eigenvalue weighted by Crippen LogP contribution is -2.52. The van der Waals surface area contributed by atoms with E-state index in [0.717, 1.165) is 19.7 Å². The molecule has 0 aliphatic heterocycles. The van der Waals surface area contributed by atoms with Crippen molar-refractivity contribution >= 4 is 50.1 Å². The molecule has 0 unspecified atom stereocenters. The smallest absolute Gasteiger partial charge is 0.244 e. The van der Waals surface area contributed by atoms with Gasteiger partial charge in [0.2, 0.25) is 21.8 Å². The Morgan fingerprint density at radius 2 is 1.61 bits per heavy atom. The quantitative estimate of drug-likeness (QED) is 0.432. The lowest BCUT2D eigenvalue weighted by Gasteiger charge is -2.32. The lowest BCUT2D eigenvalue weighted by molar-refractivity contribution is -0.139. The van der Waals surface area contributed by atoms with Gasteiger partial charge in [0.25, 0.3) is 0 Å². The highest BCUT2D eigenvalue weighted by Gasteiger charge is 2.30. The highest BCUT2D eigenvalue weighted by Crippen LogP contribution is 2.21. The Morgan fingerprint density at radius 1 is 1.03 bits per heavy atom. The maximum Gasteiger partial charge on any atom is 0.244 e. The fourth-order valence-electron chi connectivity index (χ4n) is 3.14. The fraction of sp³-hybridized carbons (Fsp3) is 0.391. The number of anilines is 1. The second-order valence-corrected chi connectivity index (χ2v) is 11.1. The van der Waals surface area contributed by atoms with Gasteiger partial charge in [-0.25, -0.2) is 8.42 Å². The number of nitrogens with one attached hydrogen (secondary N) is 1. The molecule has 0 bridgehead atoms. The second-order valence-electron chi connectivity index (χ2n) is 7.96. The molecule has 0 fully saturated rings. The molecule has 0 aliphatic carbocycles. The van der Waals surface area contributed by atoms with Gasteiger partial charge in [0.1, 0.15) is 18.3 Å². The second kappa shape index (κ2) is 11.7. The van der Waals surface area contributed by atoms with Gasteiger partial charge >= 0.3 is 0 Å². The van der Waals surface area contributed by atoms with Crippen molar-refractivity contribution < 1.29 is 22.7 Å². The summed E-state index contributed by atoms with van der Waals surface area (Å²) in [4.78, 5) is 27.5. The summed E-state index contributed by atoms with van der Waals surface area (Å²) in [5.74, 6) is -0.127. The molecule has 8 nitrogen and oxygen atoms in total. The highest BCUT2D eigenvalue weighted by molar-refractivity contribution is 14.1. The van der Waals surface area contributed by atoms with Gasteiger partial charge in [0, 0.05) is 16.2 Å². The molecular weight excluding hydrogens is 557 g/mol. The summed E-state index contributed by atoms with van der Waals surface area (Å²) in [5.41, 5.74) is 1.17. The average Bonchev–Trinajstić information content (AvgIpc) is 2.75. The summed E-state index contributed by atoms with van der Waals surface area (Å²) >= 11 is 2.12. The third-order valence-corrected chi connectivity index (χ3v) is 6.76. The van der Waals surface area contributed by atoms with Crippen molar-refractivity contribution in [3.63, 3.8) is 0 Å². The normalized spacial score (nSPS) is 12.2. The number of carbonyl (C=O) groups excluding carboxylic acids is 2. The number of nitrogens with zero attached hydrogens (tertiary/aromatic N) is 2. The SMILES string of the molecule is COc1ccc(CN(C(=O)CN(c2ccc(I)cc2)S(C)(=O)=O)[C@H](C)C(=O)NC(C)C)cc1. The van der Waals surface area contributed by atoms with Crippen LogP contribution >= 0.6 is 22.6 Å². The molecule has 2 aromatic rings. The van der Waals surface area contributed by atoms with Crippen molar-refractivity contribution in [2.75, 3.05) is 24.2 Å². The topological polar surface area (TPSA) is 96.0 Å². The van der Waals surface area contributed by atoms with Crippen LogP contribution in [0.2, 0.25) is 0 Å². The van der Waals surface area contributed by atoms with Crippen molar-refractivity contribution in [1.82, 2.24) is 10.2 Å². The summed E-state index contributed by atoms with van der Waals surface area (Å²) in [6.07, 6.45) is 1.06. The standard InChI is InChI=1S/C23H30IN3O5S/c1-16(2)25-23(29)17(3)26(14-18-6-12-21(32-4)13-7-18)22(28)15-27(33(5,30)31)20-10-8-19(24)9-11-20/h6-13,16-17H,14-15H2,1-5H3,(H,25,29)/t17-/m1/s1. The molecule has 0 saturated heterocycles. The Labute approximate surface area is 209 Å². The van der Waals surface area contributed by atoms with Crippen molar-refractivity contribution in [2.45, 2.75) is 39.4 Å². The predicted molar refractivity (Wildman–Crippen MR) is 138 cm³/mol. The molecule has 2 amide bonds. The molecule has 10 heteroatoms. The van der Waals surface area contributed by atoms with Gasteiger partial charge in [-0.05, 0) is 85.3 Å². The molecule has 0 heterocycles. The summed E-state index contributed by atoms with van der Waals surface area (Å²) in [6.45, 7) is 5.02. The molecule has 0 spiro atoms. The van der Waals surface area contributed by atoms with Crippen LogP contribution < -0.4 is 14.4 Å². The molecule has 2 rings (SSSR count). The predicted octanol–water partition coefficient (Wildman–Crippen LogP) is 3.01. The third-order valence-electron chi connectivity index (χ3n) is 4.90. The van der Waals surface area contributed by atoms with Gasteiger partial charge in [0.05, 0.1) is 19.1 Å². The van der Waals surface area contributed by atoms with E-state index < -0.39 is 28.5 Å². The zero-order valence-electron chi connectivity index (χ0n) is 19.4. The molecule has 1 atom stereocenters. The Balaban J connectivity index is 2.36. The highest BCUT2D eigenvalue weighted by atomic mass is 127. The van der Waals surface area contributed by atoms with Gasteiger partial charge in [-0.1, -0.05) is 12.1 Å². The number of amides is 2. The van der Waals surface area contributed by atoms with Crippen molar-refractivity contribution in [3.8, 4) is 5.75 Å². The molecule has 2 aromatic carbocycles. The largest absolute Gasteiger partial charge is 0.497 e. The lowest BCUT2D eigenvalue weighted by atomic mass is 10.1. The first-order valence-electron chi connectivity index (χ1n) is 10.4. The van der Waals surface area contributed by atoms with E-state index in [2.05, 4.69) is 27.9 Å². The van der Waals surface area contributed by atoms with Gasteiger partial charge in [-0.2, -0.15) is 0 Å². The van der Waals surface area contributed by atoms with Gasteiger partial charge < -0.3 is 15.0 Å². The van der Waals surface area contributed by atoms with Crippen LogP contribution in [-0.4, -0.2) is 57.1 Å². The van der Waals surface area contributed by atoms with Gasteiger partial charge in [-0.3, -0.25) is 13.9 Å². The molecule has 180 valence electrons. The van der Waals surface area contributed by atoms with E-state index in [0.29, 0.717) is 11.4 Å². The molecule has 0 radical (unpaired) electrons. The Kier molecular flexibility index (Phi) is 9.53. The van der Waals surface area contributed by atoms with E-state index in [-0.39, 0.29) is 18.5 Å². The number of hydrogen-bond donors (Lipinski definition) is 1. The van der Waals surface area contributed by atoms with E-state index in [4.69, 9.17) is 4.74 Å². The number of methoxy groups -OCH3 is 1. The molecular formula is C23H30IN3O5S. The number of carbonyl (C=O) groups is 2. The Hall–Kier alpha value is -2.34. The summed E-state index contributed by atoms with van der Waals surface area (Å²) in [7, 11) is -2.18. The van der Waals surface area contributed by atoms with E-state index in [1.807, 2.05) is 13.8 Å². The van der Waals surface area contributed by atoms with Crippen LogP contribution in [0.25, 0.3) is 0 Å². The summed E-state index contributed by atoms with van der Waals surface area (Å²) in [5, 5.41) is 2.82. The molecule has 0 aliphatic rings. The van der Waals surface area contributed by atoms with E-state index in [1.54, 1.807) is 62.6 Å². The Morgan fingerprint density at radius 3 is 2.09 bits per heavy atom. The van der Waals surface area contributed by atoms with Crippen LogP contribution in [0.15, 0.2) is 48.5 Å². The zero-order chi connectivity index (χ0) is 24.8. The number of halogens is 1. The van der Waals surface area contributed by atoms with Crippen LogP contribution in [0.1, 0.15) is 26.3 Å². The number of rotatable bonds is 10. The third kappa shape index (κ3) is 7.88. The van der Waals surface area contributed by atoms with Crippen molar-refractivity contribution in [1.29, 1.82) is 0 Å². The van der Waals surface area contributed by atoms with Gasteiger partial charge in [0.15, 0.2) is 0 Å². The van der Waals surface area contributed by atoms with Crippen LogP contribution in [0.5, 0.6) is 5.75 Å². The van der Waals surface area contributed by atoms with E-state index in [1.165, 1.54) is 4.90 Å². The van der Waals surface area contributed by atoms with Crippen LogP contribution in [0.3, 0.4) is 0 Å². The average molecular weight is 587 g/mol. The van der Waals surface area contributed by atoms with Crippen molar-refractivity contribution in [2.24, 2.45) is 0 Å². The summed E-state index contributed by atoms with van der Waals surface area (Å²) < 4.78 is 32.2. The molecule has 1 N–H and O–H groups in total. The number of hydrogen-bond acceptors (Lipinski definition) is 5. The number of sulfonamides is 1. The van der Waals surface area contributed by atoms with Crippen LogP contribution in [-0.2, 0) is 26.2 Å². The first-order chi connectivity index (χ1) is 15.4. The maximum absolute atomic E-state index is 13.4. The fourth-order valence-corrected chi connectivity index (χ4v) is 4.35. The first kappa shape index (κ1) is 26.9. The first-order valence-corrected chi connectivity index (χ1v) is 13.3. The number of ether oxygens (including phenoxy) is 1. The molecule has 33 heavy (non-hydrogen) atoms. The van der Waals surface area contributed by atoms with E-state index in [9.17, 15) is 18.0 Å². The summed E-state index contributed by atoms with van der Waals surface area (Å²) in [6, 6.07) is 13.1. The van der Waals surface area contributed by atoms with Crippen LogP contribution in [0, 0.1) is 3.57 Å². The zero-order valence-corrected chi connectivity index (χ0v) is 22.4. The van der Waals surface area contributed by atoms with Gasteiger partial charge in [-0.15, -0.1) is 0 Å².